The lowest BCUT2D eigenvalue weighted by Gasteiger charge is -2.01. The van der Waals surface area contributed by atoms with Crippen LogP contribution in [0.15, 0.2) is 18.2 Å². The van der Waals surface area contributed by atoms with E-state index in [1.165, 1.54) is 0 Å². The summed E-state index contributed by atoms with van der Waals surface area (Å²) in [7, 11) is 0. The van der Waals surface area contributed by atoms with Gasteiger partial charge in [-0.25, -0.2) is 0 Å². The maximum Gasteiger partial charge on any atom is 0.0423 e. The fourth-order valence-corrected chi connectivity index (χ4v) is 1.63. The highest BCUT2D eigenvalue weighted by atomic mass is 35.5. The van der Waals surface area contributed by atoms with Crippen molar-refractivity contribution >= 4 is 35.6 Å². The molecule has 0 aromatic heterocycles. The molecule has 4 heteroatoms. The minimum absolute atomic E-state index is 0. The molecule has 74 valence electrons. The Morgan fingerprint density at radius 1 is 1.08 bits per heavy atom. The molecular formula is C9H12Cl3N. The van der Waals surface area contributed by atoms with E-state index in [1.54, 1.807) is 6.07 Å². The quantitative estimate of drug-likeness (QED) is 0.862. The molecule has 0 fully saturated rings. The Hall–Kier alpha value is 0.0500. The Bertz CT molecular complexity index is 243. The van der Waals surface area contributed by atoms with Crippen LogP contribution in [0.5, 0.6) is 0 Å². The summed E-state index contributed by atoms with van der Waals surface area (Å²) in [5, 5.41) is 1.38. The first-order valence-electron chi connectivity index (χ1n) is 3.87. The molecule has 0 atom stereocenters. The highest BCUT2D eigenvalue weighted by Crippen LogP contribution is 2.19. The van der Waals surface area contributed by atoms with Crippen molar-refractivity contribution in [3.63, 3.8) is 0 Å². The Kier molecular flexibility index (Phi) is 6.52. The molecule has 1 nitrogen and oxygen atoms in total. The molecule has 0 saturated carbocycles. The van der Waals surface area contributed by atoms with Crippen LogP contribution in [0, 0.1) is 0 Å². The molecule has 0 aliphatic carbocycles. The van der Waals surface area contributed by atoms with E-state index in [2.05, 4.69) is 0 Å². The van der Waals surface area contributed by atoms with Crippen molar-refractivity contribution in [2.24, 2.45) is 5.73 Å². The average Bonchev–Trinajstić information content (AvgIpc) is 1.99. The second-order valence-electron chi connectivity index (χ2n) is 2.67. The molecule has 0 radical (unpaired) electrons. The topological polar surface area (TPSA) is 26.0 Å². The zero-order chi connectivity index (χ0) is 8.97. The van der Waals surface area contributed by atoms with Gasteiger partial charge in [-0.3, -0.25) is 0 Å². The molecule has 1 rings (SSSR count). The van der Waals surface area contributed by atoms with Crippen LogP contribution in [0.3, 0.4) is 0 Å². The molecule has 0 aliphatic heterocycles. The number of halogens is 3. The molecule has 0 amide bonds. The number of hydrogen-bond donors (Lipinski definition) is 1. The van der Waals surface area contributed by atoms with E-state index in [0.29, 0.717) is 16.6 Å². The first-order valence-corrected chi connectivity index (χ1v) is 4.63. The van der Waals surface area contributed by atoms with Crippen molar-refractivity contribution in [2.45, 2.75) is 12.8 Å². The Morgan fingerprint density at radius 3 is 2.08 bits per heavy atom. The Balaban J connectivity index is 0.00000144. The van der Waals surface area contributed by atoms with Gasteiger partial charge in [0.05, 0.1) is 0 Å². The van der Waals surface area contributed by atoms with Crippen molar-refractivity contribution < 1.29 is 0 Å². The predicted octanol–water partition coefficient (Wildman–Crippen LogP) is 3.31. The van der Waals surface area contributed by atoms with Gasteiger partial charge in [-0.1, -0.05) is 23.2 Å². The fourth-order valence-electron chi connectivity index (χ4n) is 1.06. The molecular weight excluding hydrogens is 228 g/mol. The van der Waals surface area contributed by atoms with Crippen LogP contribution in [0.2, 0.25) is 10.0 Å². The van der Waals surface area contributed by atoms with E-state index < -0.39 is 0 Å². The summed E-state index contributed by atoms with van der Waals surface area (Å²) in [5.74, 6) is 0. The second kappa shape index (κ2) is 6.50. The smallest absolute Gasteiger partial charge is 0.0423 e. The molecule has 0 aliphatic rings. The van der Waals surface area contributed by atoms with Gasteiger partial charge < -0.3 is 5.73 Å². The van der Waals surface area contributed by atoms with Crippen LogP contribution in [-0.4, -0.2) is 6.54 Å². The molecule has 0 spiro atoms. The van der Waals surface area contributed by atoms with Gasteiger partial charge in [-0.15, -0.1) is 12.4 Å². The predicted molar refractivity (Wildman–Crippen MR) is 61.1 cm³/mol. The SMILES string of the molecule is Cl.NCCCc1cc(Cl)cc(Cl)c1. The molecule has 0 saturated heterocycles. The molecule has 0 heterocycles. The summed E-state index contributed by atoms with van der Waals surface area (Å²) in [5.41, 5.74) is 6.54. The van der Waals surface area contributed by atoms with Gasteiger partial charge in [0.15, 0.2) is 0 Å². The third kappa shape index (κ3) is 4.72. The first-order chi connectivity index (χ1) is 5.72. The third-order valence-electron chi connectivity index (χ3n) is 1.59. The Morgan fingerprint density at radius 2 is 1.62 bits per heavy atom. The first kappa shape index (κ1) is 13.1. The Labute approximate surface area is 94.6 Å². The van der Waals surface area contributed by atoms with Gasteiger partial charge in [-0.2, -0.15) is 0 Å². The number of hydrogen-bond acceptors (Lipinski definition) is 1. The van der Waals surface area contributed by atoms with Crippen LogP contribution in [0.25, 0.3) is 0 Å². The highest BCUT2D eigenvalue weighted by molar-refractivity contribution is 6.34. The lowest BCUT2D eigenvalue weighted by Crippen LogP contribution is -2.00. The van der Waals surface area contributed by atoms with E-state index in [0.717, 1.165) is 18.4 Å². The molecule has 1 aromatic rings. The summed E-state index contributed by atoms with van der Waals surface area (Å²) in [6.45, 7) is 0.699. The summed E-state index contributed by atoms with van der Waals surface area (Å²) >= 11 is 11.6. The van der Waals surface area contributed by atoms with Crippen LogP contribution in [0.4, 0.5) is 0 Å². The van der Waals surface area contributed by atoms with E-state index >= 15 is 0 Å². The monoisotopic (exact) mass is 239 g/mol. The van der Waals surface area contributed by atoms with Gasteiger partial charge in [0.25, 0.3) is 0 Å². The standard InChI is InChI=1S/C9H11Cl2N.ClH/c10-8-4-7(2-1-3-12)5-9(11)6-8;/h4-6H,1-3,12H2;1H. The zero-order valence-electron chi connectivity index (χ0n) is 7.09. The normalized spacial score (nSPS) is 9.46. The van der Waals surface area contributed by atoms with E-state index in [4.69, 9.17) is 28.9 Å². The van der Waals surface area contributed by atoms with Crippen LogP contribution < -0.4 is 5.73 Å². The third-order valence-corrected chi connectivity index (χ3v) is 2.03. The molecule has 0 unspecified atom stereocenters. The lowest BCUT2D eigenvalue weighted by atomic mass is 10.1. The van der Waals surface area contributed by atoms with Crippen molar-refractivity contribution in [1.29, 1.82) is 0 Å². The highest BCUT2D eigenvalue weighted by Gasteiger charge is 1.97. The fraction of sp³-hybridized carbons (Fsp3) is 0.333. The summed E-state index contributed by atoms with van der Waals surface area (Å²) in [6.07, 6.45) is 1.91. The second-order valence-corrected chi connectivity index (χ2v) is 3.54. The minimum Gasteiger partial charge on any atom is -0.330 e. The van der Waals surface area contributed by atoms with Crippen molar-refractivity contribution in [3.8, 4) is 0 Å². The lowest BCUT2D eigenvalue weighted by molar-refractivity contribution is 0.833. The van der Waals surface area contributed by atoms with Gasteiger partial charge in [-0.05, 0) is 43.1 Å². The van der Waals surface area contributed by atoms with E-state index in [-0.39, 0.29) is 12.4 Å². The van der Waals surface area contributed by atoms with E-state index in [9.17, 15) is 0 Å². The maximum atomic E-state index is 5.81. The molecule has 13 heavy (non-hydrogen) atoms. The van der Waals surface area contributed by atoms with Gasteiger partial charge in [0.2, 0.25) is 0 Å². The number of benzene rings is 1. The minimum atomic E-state index is 0. The molecule has 2 N–H and O–H groups in total. The number of nitrogens with two attached hydrogens (primary N) is 1. The number of aryl methyl sites for hydroxylation is 1. The van der Waals surface area contributed by atoms with Crippen molar-refractivity contribution in [2.75, 3.05) is 6.54 Å². The number of rotatable bonds is 3. The van der Waals surface area contributed by atoms with Crippen molar-refractivity contribution in [1.82, 2.24) is 0 Å². The molecule has 0 bridgehead atoms. The van der Waals surface area contributed by atoms with Crippen molar-refractivity contribution in [3.05, 3.63) is 33.8 Å². The van der Waals surface area contributed by atoms with Crippen LogP contribution in [0.1, 0.15) is 12.0 Å². The summed E-state index contributed by atoms with van der Waals surface area (Å²) in [6, 6.07) is 5.57. The summed E-state index contributed by atoms with van der Waals surface area (Å²) in [4.78, 5) is 0. The summed E-state index contributed by atoms with van der Waals surface area (Å²) < 4.78 is 0. The largest absolute Gasteiger partial charge is 0.330 e. The molecule has 1 aromatic carbocycles. The zero-order valence-corrected chi connectivity index (χ0v) is 9.42. The van der Waals surface area contributed by atoms with Gasteiger partial charge >= 0.3 is 0 Å². The van der Waals surface area contributed by atoms with Crippen LogP contribution in [-0.2, 0) is 6.42 Å². The maximum absolute atomic E-state index is 5.81. The van der Waals surface area contributed by atoms with E-state index in [1.807, 2.05) is 12.1 Å². The van der Waals surface area contributed by atoms with Gasteiger partial charge in [0, 0.05) is 10.0 Å². The van der Waals surface area contributed by atoms with Crippen LogP contribution >= 0.6 is 35.6 Å². The average molecular weight is 241 g/mol. The van der Waals surface area contributed by atoms with Gasteiger partial charge in [0.1, 0.15) is 0 Å².